The lowest BCUT2D eigenvalue weighted by Gasteiger charge is -2.35. The molecule has 0 aromatic rings. The predicted molar refractivity (Wildman–Crippen MR) is 72.9 cm³/mol. The van der Waals surface area contributed by atoms with Crippen molar-refractivity contribution in [3.05, 3.63) is 0 Å². The summed E-state index contributed by atoms with van der Waals surface area (Å²) in [4.78, 5) is 49.2. The summed E-state index contributed by atoms with van der Waals surface area (Å²) in [5.74, 6) is -1.52. The fourth-order valence-corrected chi connectivity index (χ4v) is 2.86. The molecule has 1 aliphatic carbocycles. The number of primary amides is 1. The zero-order chi connectivity index (χ0) is 15.6. The van der Waals surface area contributed by atoms with Gasteiger partial charge in [-0.25, -0.2) is 4.79 Å². The average molecular weight is 296 g/mol. The van der Waals surface area contributed by atoms with Crippen molar-refractivity contribution in [2.75, 3.05) is 20.1 Å². The maximum atomic E-state index is 12.1. The van der Waals surface area contributed by atoms with Crippen molar-refractivity contribution in [1.82, 2.24) is 15.1 Å². The highest BCUT2D eigenvalue weighted by atomic mass is 16.2. The molecule has 0 bridgehead atoms. The van der Waals surface area contributed by atoms with Crippen LogP contribution in [0.5, 0.6) is 0 Å². The van der Waals surface area contributed by atoms with E-state index in [0.29, 0.717) is 12.8 Å². The number of hydrogen-bond donors (Lipinski definition) is 2. The van der Waals surface area contributed by atoms with Gasteiger partial charge in [0.05, 0.1) is 0 Å². The molecule has 1 saturated heterocycles. The van der Waals surface area contributed by atoms with Gasteiger partial charge in [-0.2, -0.15) is 0 Å². The minimum Gasteiger partial charge on any atom is -0.368 e. The second kappa shape index (κ2) is 5.71. The highest BCUT2D eigenvalue weighted by Crippen LogP contribution is 2.28. The number of nitrogens with zero attached hydrogens (tertiary/aromatic N) is 2. The van der Waals surface area contributed by atoms with Crippen molar-refractivity contribution >= 4 is 23.8 Å². The molecule has 5 amide bonds. The molecule has 0 spiro atoms. The van der Waals surface area contributed by atoms with Gasteiger partial charge in [-0.3, -0.25) is 19.3 Å². The number of nitrogens with two attached hydrogens (primary N) is 1. The van der Waals surface area contributed by atoms with E-state index in [1.807, 2.05) is 0 Å². The summed E-state index contributed by atoms with van der Waals surface area (Å²) in [6.45, 7) is -0.413. The maximum absolute atomic E-state index is 12.1. The largest absolute Gasteiger partial charge is 0.368 e. The Morgan fingerprint density at radius 3 is 2.33 bits per heavy atom. The molecular formula is C13H20N4O4. The summed E-state index contributed by atoms with van der Waals surface area (Å²) in [5.41, 5.74) is 4.38. The molecule has 1 heterocycles. The highest BCUT2D eigenvalue weighted by Gasteiger charge is 2.41. The number of likely N-dealkylation sites (N-methyl/N-ethyl adjacent to an activating group) is 1. The van der Waals surface area contributed by atoms with E-state index >= 15 is 0 Å². The third kappa shape index (κ3) is 2.98. The number of carbonyl (C=O) groups is 4. The van der Waals surface area contributed by atoms with E-state index in [1.165, 1.54) is 11.9 Å². The van der Waals surface area contributed by atoms with Crippen LogP contribution in [0.15, 0.2) is 0 Å². The first-order valence-electron chi connectivity index (χ1n) is 7.02. The smallest absolute Gasteiger partial charge is 0.327 e. The van der Waals surface area contributed by atoms with E-state index in [0.717, 1.165) is 24.2 Å². The molecule has 2 aliphatic rings. The Hall–Kier alpha value is -2.12. The summed E-state index contributed by atoms with van der Waals surface area (Å²) < 4.78 is 0. The Morgan fingerprint density at radius 1 is 1.24 bits per heavy atom. The number of carbonyl (C=O) groups excluding carboxylic acids is 4. The SMILES string of the molecule is CN1CC(=O)N(CC(=O)NC2(C(N)=O)CCCCC2)C1=O. The number of imide groups is 1. The molecule has 0 unspecified atom stereocenters. The first-order valence-corrected chi connectivity index (χ1v) is 7.02. The summed E-state index contributed by atoms with van der Waals surface area (Å²) in [6.07, 6.45) is 3.62. The van der Waals surface area contributed by atoms with Crippen molar-refractivity contribution in [3.8, 4) is 0 Å². The molecule has 116 valence electrons. The molecule has 21 heavy (non-hydrogen) atoms. The fraction of sp³-hybridized carbons (Fsp3) is 0.692. The van der Waals surface area contributed by atoms with Crippen molar-refractivity contribution in [2.45, 2.75) is 37.6 Å². The minimum atomic E-state index is -1.05. The third-order valence-electron chi connectivity index (χ3n) is 4.09. The quantitative estimate of drug-likeness (QED) is 0.660. The van der Waals surface area contributed by atoms with Gasteiger partial charge >= 0.3 is 6.03 Å². The number of amides is 5. The first kappa shape index (κ1) is 15.3. The van der Waals surface area contributed by atoms with E-state index in [-0.39, 0.29) is 13.1 Å². The summed E-state index contributed by atoms with van der Waals surface area (Å²) in [7, 11) is 1.49. The van der Waals surface area contributed by atoms with Gasteiger partial charge in [0.15, 0.2) is 0 Å². The zero-order valence-corrected chi connectivity index (χ0v) is 12.1. The van der Waals surface area contributed by atoms with Gasteiger partial charge in [0.2, 0.25) is 11.8 Å². The van der Waals surface area contributed by atoms with Crippen LogP contribution in [-0.2, 0) is 14.4 Å². The standard InChI is InChI=1S/C13H20N4O4/c1-16-8-10(19)17(12(16)21)7-9(18)15-13(11(14)20)5-3-2-4-6-13/h2-8H2,1H3,(H2,14,20)(H,15,18). The molecule has 0 radical (unpaired) electrons. The van der Waals surface area contributed by atoms with Crippen LogP contribution in [0, 0.1) is 0 Å². The molecule has 0 atom stereocenters. The summed E-state index contributed by atoms with van der Waals surface area (Å²) >= 11 is 0. The monoisotopic (exact) mass is 296 g/mol. The van der Waals surface area contributed by atoms with Crippen molar-refractivity contribution in [1.29, 1.82) is 0 Å². The first-order chi connectivity index (χ1) is 9.85. The molecule has 1 saturated carbocycles. The van der Waals surface area contributed by atoms with E-state index in [2.05, 4.69) is 5.32 Å². The molecule has 0 aromatic carbocycles. The van der Waals surface area contributed by atoms with Gasteiger partial charge in [0.25, 0.3) is 5.91 Å². The van der Waals surface area contributed by atoms with Crippen molar-refractivity contribution in [2.24, 2.45) is 5.73 Å². The van der Waals surface area contributed by atoms with Crippen LogP contribution in [0.1, 0.15) is 32.1 Å². The Bertz CT molecular complexity index is 485. The lowest BCUT2D eigenvalue weighted by atomic mass is 9.81. The molecule has 0 aromatic heterocycles. The lowest BCUT2D eigenvalue weighted by Crippen LogP contribution is -2.60. The van der Waals surface area contributed by atoms with Crippen LogP contribution in [0.4, 0.5) is 4.79 Å². The van der Waals surface area contributed by atoms with E-state index < -0.39 is 29.3 Å². The topological polar surface area (TPSA) is 113 Å². The second-order valence-electron chi connectivity index (χ2n) is 5.67. The van der Waals surface area contributed by atoms with Crippen molar-refractivity contribution < 1.29 is 19.2 Å². The third-order valence-corrected chi connectivity index (χ3v) is 4.09. The fourth-order valence-electron chi connectivity index (χ4n) is 2.86. The van der Waals surface area contributed by atoms with Gasteiger partial charge in [-0.05, 0) is 12.8 Å². The van der Waals surface area contributed by atoms with Gasteiger partial charge in [0, 0.05) is 7.05 Å². The average Bonchev–Trinajstić information content (AvgIpc) is 2.66. The van der Waals surface area contributed by atoms with Crippen molar-refractivity contribution in [3.63, 3.8) is 0 Å². The van der Waals surface area contributed by atoms with E-state index in [4.69, 9.17) is 5.73 Å². The zero-order valence-electron chi connectivity index (χ0n) is 12.1. The van der Waals surface area contributed by atoms with Crippen LogP contribution >= 0.6 is 0 Å². The van der Waals surface area contributed by atoms with Gasteiger partial charge in [-0.15, -0.1) is 0 Å². The number of urea groups is 1. The molecular weight excluding hydrogens is 276 g/mol. The number of rotatable bonds is 4. The lowest BCUT2D eigenvalue weighted by molar-refractivity contribution is -0.135. The van der Waals surface area contributed by atoms with Crippen LogP contribution in [0.25, 0.3) is 0 Å². The number of nitrogens with one attached hydrogen (secondary N) is 1. The van der Waals surface area contributed by atoms with E-state index in [1.54, 1.807) is 0 Å². The Labute approximate surface area is 122 Å². The van der Waals surface area contributed by atoms with Crippen LogP contribution in [0.3, 0.4) is 0 Å². The van der Waals surface area contributed by atoms with Gasteiger partial charge < -0.3 is 16.0 Å². The van der Waals surface area contributed by atoms with Gasteiger partial charge in [-0.1, -0.05) is 19.3 Å². The predicted octanol–water partition coefficient (Wildman–Crippen LogP) is -0.815. The molecule has 8 heteroatoms. The Balaban J connectivity index is 2.02. The molecule has 8 nitrogen and oxygen atoms in total. The summed E-state index contributed by atoms with van der Waals surface area (Å²) in [5, 5.41) is 2.64. The minimum absolute atomic E-state index is 0.0346. The molecule has 2 rings (SSSR count). The van der Waals surface area contributed by atoms with Crippen LogP contribution < -0.4 is 11.1 Å². The maximum Gasteiger partial charge on any atom is 0.327 e. The second-order valence-corrected chi connectivity index (χ2v) is 5.67. The number of hydrogen-bond acceptors (Lipinski definition) is 4. The Kier molecular flexibility index (Phi) is 4.15. The highest BCUT2D eigenvalue weighted by molar-refractivity contribution is 6.04. The van der Waals surface area contributed by atoms with Crippen LogP contribution in [0.2, 0.25) is 0 Å². The molecule has 3 N–H and O–H groups in total. The Morgan fingerprint density at radius 2 is 1.86 bits per heavy atom. The van der Waals surface area contributed by atoms with Crippen LogP contribution in [-0.4, -0.2) is 59.2 Å². The van der Waals surface area contributed by atoms with E-state index in [9.17, 15) is 19.2 Å². The van der Waals surface area contributed by atoms with Gasteiger partial charge in [0.1, 0.15) is 18.6 Å². The summed E-state index contributed by atoms with van der Waals surface area (Å²) in [6, 6.07) is -0.507. The normalized spacial score (nSPS) is 21.6. The molecule has 2 fully saturated rings. The molecule has 1 aliphatic heterocycles.